The summed E-state index contributed by atoms with van der Waals surface area (Å²) in [5, 5.41) is 2.08. The smallest absolute Gasteiger partial charge is 0.227 e. The van der Waals surface area contributed by atoms with Crippen LogP contribution in [0.1, 0.15) is 42.4 Å². The van der Waals surface area contributed by atoms with Gasteiger partial charge in [-0.3, -0.25) is 14.2 Å². The van der Waals surface area contributed by atoms with E-state index >= 15 is 0 Å². The highest BCUT2D eigenvalue weighted by Gasteiger charge is 2.31. The molecule has 1 fully saturated rings. The van der Waals surface area contributed by atoms with Crippen molar-refractivity contribution in [3.05, 3.63) is 53.2 Å². The minimum absolute atomic E-state index is 0.0882. The van der Waals surface area contributed by atoms with E-state index in [1.165, 1.54) is 4.83 Å². The van der Waals surface area contributed by atoms with Gasteiger partial charge in [0.05, 0.1) is 18.2 Å². The minimum atomic E-state index is 0.0882. The minimum Gasteiger partial charge on any atom is -0.334 e. The summed E-state index contributed by atoms with van der Waals surface area (Å²) < 4.78 is 2.12. The average molecular weight is 340 g/mol. The number of imidazole rings is 1. The largest absolute Gasteiger partial charge is 0.334 e. The van der Waals surface area contributed by atoms with Crippen molar-refractivity contribution in [1.29, 1.82) is 0 Å². The Morgan fingerprint density at radius 2 is 2.33 bits per heavy atom. The predicted molar refractivity (Wildman–Crippen MR) is 94.1 cm³/mol. The lowest BCUT2D eigenvalue weighted by Crippen LogP contribution is -2.39. The van der Waals surface area contributed by atoms with Crippen LogP contribution in [0.15, 0.2) is 36.1 Å². The molecule has 0 N–H and O–H groups in total. The summed E-state index contributed by atoms with van der Waals surface area (Å²) >= 11 is 1.70. The zero-order chi connectivity index (χ0) is 16.5. The number of carbonyl (C=O) groups is 1. The zero-order valence-electron chi connectivity index (χ0n) is 13.7. The molecule has 6 heteroatoms. The third kappa shape index (κ3) is 2.71. The molecule has 3 aromatic heterocycles. The van der Waals surface area contributed by atoms with Crippen LogP contribution in [0.3, 0.4) is 0 Å². The van der Waals surface area contributed by atoms with Crippen molar-refractivity contribution in [3.63, 3.8) is 0 Å². The Hall–Kier alpha value is -2.21. The van der Waals surface area contributed by atoms with Crippen molar-refractivity contribution in [2.45, 2.75) is 38.6 Å². The third-order valence-corrected chi connectivity index (χ3v) is 5.56. The quantitative estimate of drug-likeness (QED) is 0.734. The number of aryl methyl sites for hydroxylation is 1. The molecule has 0 unspecified atom stereocenters. The molecular formula is C18H20N4OS. The highest BCUT2D eigenvalue weighted by Crippen LogP contribution is 2.35. The highest BCUT2D eigenvalue weighted by atomic mass is 32.1. The van der Waals surface area contributed by atoms with Gasteiger partial charge in [0.15, 0.2) is 0 Å². The van der Waals surface area contributed by atoms with Gasteiger partial charge in [0, 0.05) is 30.5 Å². The van der Waals surface area contributed by atoms with Gasteiger partial charge >= 0.3 is 0 Å². The summed E-state index contributed by atoms with van der Waals surface area (Å²) in [5.41, 5.74) is 2.02. The molecule has 24 heavy (non-hydrogen) atoms. The molecule has 0 radical (unpaired) electrons. The molecule has 1 atom stereocenters. The van der Waals surface area contributed by atoms with E-state index in [0.717, 1.165) is 42.9 Å². The first kappa shape index (κ1) is 15.3. The van der Waals surface area contributed by atoms with Gasteiger partial charge in [0.2, 0.25) is 5.91 Å². The van der Waals surface area contributed by atoms with Gasteiger partial charge in [-0.25, -0.2) is 4.98 Å². The lowest BCUT2D eigenvalue weighted by molar-refractivity contribution is -0.134. The third-order valence-electron chi connectivity index (χ3n) is 4.68. The summed E-state index contributed by atoms with van der Waals surface area (Å²) in [6.45, 7) is 2.83. The van der Waals surface area contributed by atoms with Crippen molar-refractivity contribution < 1.29 is 4.79 Å². The Labute approximate surface area is 145 Å². The number of rotatable bonds is 3. The number of carbonyl (C=O) groups excluding carboxylic acids is 1. The zero-order valence-corrected chi connectivity index (χ0v) is 14.5. The topological polar surface area (TPSA) is 50.5 Å². The number of hydrogen-bond donors (Lipinski definition) is 0. The van der Waals surface area contributed by atoms with Gasteiger partial charge in [0.25, 0.3) is 0 Å². The van der Waals surface area contributed by atoms with Crippen molar-refractivity contribution in [1.82, 2.24) is 19.3 Å². The van der Waals surface area contributed by atoms with E-state index in [1.807, 2.05) is 24.0 Å². The number of amides is 1. The Morgan fingerprint density at radius 3 is 3.17 bits per heavy atom. The number of thiazole rings is 1. The number of hydrogen-bond acceptors (Lipinski definition) is 4. The van der Waals surface area contributed by atoms with Crippen LogP contribution in [0.4, 0.5) is 0 Å². The number of pyridine rings is 1. The van der Waals surface area contributed by atoms with E-state index in [2.05, 4.69) is 21.0 Å². The molecule has 0 spiro atoms. The summed E-state index contributed by atoms with van der Waals surface area (Å²) in [4.78, 5) is 25.0. The van der Waals surface area contributed by atoms with E-state index in [0.29, 0.717) is 6.42 Å². The summed E-state index contributed by atoms with van der Waals surface area (Å²) in [6, 6.07) is 3.93. The van der Waals surface area contributed by atoms with E-state index < -0.39 is 0 Å². The molecule has 1 saturated heterocycles. The molecule has 1 aliphatic heterocycles. The molecule has 3 aromatic rings. The molecule has 1 amide bonds. The summed E-state index contributed by atoms with van der Waals surface area (Å²) in [6.07, 6.45) is 9.17. The molecule has 0 saturated carbocycles. The second-order valence-electron chi connectivity index (χ2n) is 6.26. The molecule has 5 nitrogen and oxygen atoms in total. The number of fused-ring (bicyclic) bond motifs is 1. The highest BCUT2D eigenvalue weighted by molar-refractivity contribution is 7.15. The van der Waals surface area contributed by atoms with Crippen LogP contribution in [-0.4, -0.2) is 31.7 Å². The van der Waals surface area contributed by atoms with Crippen molar-refractivity contribution in [2.75, 3.05) is 6.54 Å². The average Bonchev–Trinajstić information content (AvgIpc) is 3.20. The first-order chi connectivity index (χ1) is 11.7. The maximum atomic E-state index is 12.9. The Bertz CT molecular complexity index is 854. The second-order valence-corrected chi connectivity index (χ2v) is 7.15. The van der Waals surface area contributed by atoms with Crippen molar-refractivity contribution in [3.8, 4) is 0 Å². The number of nitrogens with zero attached hydrogens (tertiary/aromatic N) is 4. The fourth-order valence-corrected chi connectivity index (χ4v) is 4.43. The van der Waals surface area contributed by atoms with Crippen LogP contribution in [0.5, 0.6) is 0 Å². The first-order valence-corrected chi connectivity index (χ1v) is 9.22. The van der Waals surface area contributed by atoms with Gasteiger partial charge in [-0.2, -0.15) is 0 Å². The van der Waals surface area contributed by atoms with E-state index in [9.17, 15) is 4.79 Å². The van der Waals surface area contributed by atoms with Crippen molar-refractivity contribution >= 4 is 22.1 Å². The van der Waals surface area contributed by atoms with Gasteiger partial charge in [-0.1, -0.05) is 6.07 Å². The number of likely N-dealkylation sites (tertiary alicyclic amines) is 1. The monoisotopic (exact) mass is 340 g/mol. The van der Waals surface area contributed by atoms with Crippen molar-refractivity contribution in [2.24, 2.45) is 0 Å². The molecule has 124 valence electrons. The van der Waals surface area contributed by atoms with E-state index in [4.69, 9.17) is 4.98 Å². The fraction of sp³-hybridized carbons (Fsp3) is 0.389. The molecule has 0 aliphatic carbocycles. The number of aromatic nitrogens is 3. The number of piperidine rings is 1. The van der Waals surface area contributed by atoms with Crippen LogP contribution >= 0.6 is 11.3 Å². The maximum absolute atomic E-state index is 12.9. The molecule has 4 heterocycles. The SMILES string of the molecule is Cc1nc([C@@H]2CCCCN2C(=O)Cc2cccnc2)c2sccn12. The Balaban J connectivity index is 1.63. The Kier molecular flexibility index (Phi) is 4.06. The molecule has 0 aromatic carbocycles. The normalized spacial score (nSPS) is 18.2. The first-order valence-electron chi connectivity index (χ1n) is 8.34. The second kappa shape index (κ2) is 6.36. The lowest BCUT2D eigenvalue weighted by Gasteiger charge is -2.35. The van der Waals surface area contributed by atoms with Crippen LogP contribution < -0.4 is 0 Å². The molecule has 4 rings (SSSR count). The van der Waals surface area contributed by atoms with Gasteiger partial charge in [0.1, 0.15) is 10.7 Å². The molecular weight excluding hydrogens is 320 g/mol. The maximum Gasteiger partial charge on any atom is 0.227 e. The van der Waals surface area contributed by atoms with E-state index in [-0.39, 0.29) is 11.9 Å². The lowest BCUT2D eigenvalue weighted by atomic mass is 9.98. The van der Waals surface area contributed by atoms with Crippen LogP contribution in [0.25, 0.3) is 4.83 Å². The Morgan fingerprint density at radius 1 is 1.42 bits per heavy atom. The van der Waals surface area contributed by atoms with Crippen LogP contribution in [0, 0.1) is 6.92 Å². The summed E-state index contributed by atoms with van der Waals surface area (Å²) in [7, 11) is 0. The molecule has 0 bridgehead atoms. The van der Waals surface area contributed by atoms with E-state index in [1.54, 1.807) is 23.7 Å². The summed E-state index contributed by atoms with van der Waals surface area (Å²) in [5.74, 6) is 1.16. The standard InChI is InChI=1S/C18H20N4OS/c1-13-20-17(18-21(13)9-10-24-18)15-6-2-3-8-22(15)16(23)11-14-5-4-7-19-12-14/h4-5,7,9-10,12,15H,2-3,6,8,11H2,1H3/t15-/m0/s1. The fourth-order valence-electron chi connectivity index (χ4n) is 3.51. The van der Waals surface area contributed by atoms with Gasteiger partial charge in [-0.05, 0) is 37.8 Å². The van der Waals surface area contributed by atoms with Crippen LogP contribution in [0.2, 0.25) is 0 Å². The molecule has 1 aliphatic rings. The van der Waals surface area contributed by atoms with Crippen LogP contribution in [-0.2, 0) is 11.2 Å². The van der Waals surface area contributed by atoms with Gasteiger partial charge in [-0.15, -0.1) is 11.3 Å². The predicted octanol–water partition coefficient (Wildman–Crippen LogP) is 3.40. The van der Waals surface area contributed by atoms with Gasteiger partial charge < -0.3 is 4.90 Å².